The Morgan fingerprint density at radius 2 is 1.85 bits per heavy atom. The quantitative estimate of drug-likeness (QED) is 0.276. The number of para-hydroxylation sites is 1. The lowest BCUT2D eigenvalue weighted by atomic mass is 10.3. The van der Waals surface area contributed by atoms with Crippen LogP contribution in [0, 0.1) is 5.82 Å². The van der Waals surface area contributed by atoms with E-state index in [1.54, 1.807) is 0 Å². The minimum Gasteiger partial charge on any atom is -0.265 e. The van der Waals surface area contributed by atoms with Gasteiger partial charge in [0.05, 0.1) is 5.69 Å². The zero-order valence-corrected chi connectivity index (χ0v) is 16.7. The number of nitrogens with zero attached hydrogens (tertiary/aromatic N) is 3. The Bertz CT molecular complexity index is 768. The SMILES string of the molecule is C=CCN1C(=O)C(=NC(Cl)C(Cl)C(Cl)(Cl)Cl)N(c2ccccc2F)C1=O. The molecule has 1 fully saturated rings. The number of aliphatic imine (C=N–C) groups is 1. The number of amidine groups is 1. The molecule has 1 aliphatic heterocycles. The van der Waals surface area contributed by atoms with Crippen LogP contribution in [-0.2, 0) is 4.79 Å². The van der Waals surface area contributed by atoms with Crippen LogP contribution < -0.4 is 4.90 Å². The van der Waals surface area contributed by atoms with Gasteiger partial charge in [0, 0.05) is 6.54 Å². The number of amides is 3. The first kappa shape index (κ1) is 21.3. The maximum Gasteiger partial charge on any atom is 0.337 e. The summed E-state index contributed by atoms with van der Waals surface area (Å²) in [5.41, 5.74) is -1.56. The van der Waals surface area contributed by atoms with Gasteiger partial charge in [0.1, 0.15) is 16.7 Å². The summed E-state index contributed by atoms with van der Waals surface area (Å²) in [5, 5.41) is -1.32. The van der Waals surface area contributed by atoms with E-state index in [9.17, 15) is 14.0 Å². The average Bonchev–Trinajstić information content (AvgIpc) is 2.79. The molecule has 2 atom stereocenters. The van der Waals surface area contributed by atoms with Gasteiger partial charge in [-0.15, -0.1) is 18.2 Å². The van der Waals surface area contributed by atoms with Crippen molar-refractivity contribution in [3.05, 3.63) is 42.7 Å². The van der Waals surface area contributed by atoms with Crippen molar-refractivity contribution < 1.29 is 14.0 Å². The zero-order valence-electron chi connectivity index (χ0n) is 12.9. The molecular formula is C15H11Cl5FN3O2. The van der Waals surface area contributed by atoms with Crippen molar-refractivity contribution in [3.63, 3.8) is 0 Å². The zero-order chi connectivity index (χ0) is 19.6. The van der Waals surface area contributed by atoms with Crippen molar-refractivity contribution >= 4 is 81.5 Å². The number of hydrogen-bond acceptors (Lipinski definition) is 3. The Morgan fingerprint density at radius 3 is 2.38 bits per heavy atom. The lowest BCUT2D eigenvalue weighted by molar-refractivity contribution is -0.120. The maximum atomic E-state index is 14.2. The van der Waals surface area contributed by atoms with Gasteiger partial charge < -0.3 is 0 Å². The minimum absolute atomic E-state index is 0.108. The molecule has 3 amide bonds. The molecule has 140 valence electrons. The first-order chi connectivity index (χ1) is 12.1. The smallest absolute Gasteiger partial charge is 0.265 e. The lowest BCUT2D eigenvalue weighted by Crippen LogP contribution is -2.35. The van der Waals surface area contributed by atoms with Gasteiger partial charge >= 0.3 is 6.03 Å². The highest BCUT2D eigenvalue weighted by atomic mass is 35.6. The van der Waals surface area contributed by atoms with Gasteiger partial charge in [-0.05, 0) is 12.1 Å². The van der Waals surface area contributed by atoms with Crippen LogP contribution in [0.1, 0.15) is 0 Å². The van der Waals surface area contributed by atoms with Crippen LogP contribution in [0.5, 0.6) is 0 Å². The fourth-order valence-corrected chi connectivity index (χ4v) is 3.00. The van der Waals surface area contributed by atoms with Crippen LogP contribution in [0.15, 0.2) is 41.9 Å². The van der Waals surface area contributed by atoms with Crippen LogP contribution in [0.25, 0.3) is 0 Å². The van der Waals surface area contributed by atoms with Gasteiger partial charge in [0.15, 0.2) is 0 Å². The average molecular weight is 462 g/mol. The molecule has 0 spiro atoms. The van der Waals surface area contributed by atoms with E-state index in [1.165, 1.54) is 24.3 Å². The second-order valence-corrected chi connectivity index (χ2v) is 8.33. The van der Waals surface area contributed by atoms with Crippen LogP contribution in [0.2, 0.25) is 0 Å². The number of alkyl halides is 5. The fraction of sp³-hybridized carbons (Fsp3) is 0.267. The van der Waals surface area contributed by atoms with Crippen molar-refractivity contribution in [3.8, 4) is 0 Å². The number of carbonyl (C=O) groups excluding carboxylic acids is 2. The summed E-state index contributed by atoms with van der Waals surface area (Å²) in [6.07, 6.45) is 1.34. The lowest BCUT2D eigenvalue weighted by Gasteiger charge is -2.21. The molecule has 0 saturated carbocycles. The standard InChI is InChI=1S/C15H11Cl5FN3O2/c1-2-7-23-13(25)12(22-11(17)10(16)15(18,19)20)24(14(23)26)9-6-4-3-5-8(9)21/h2-6,10-11H,1,7H2. The van der Waals surface area contributed by atoms with Gasteiger partial charge in [-0.1, -0.05) is 64.6 Å². The molecule has 1 aromatic rings. The molecule has 0 radical (unpaired) electrons. The molecule has 1 aromatic carbocycles. The van der Waals surface area contributed by atoms with E-state index in [4.69, 9.17) is 58.0 Å². The van der Waals surface area contributed by atoms with E-state index < -0.39 is 38.3 Å². The van der Waals surface area contributed by atoms with Crippen molar-refractivity contribution in [1.82, 2.24) is 4.90 Å². The number of carbonyl (C=O) groups is 2. The number of halogens is 6. The Kier molecular flexibility index (Phi) is 6.80. The molecule has 1 heterocycles. The van der Waals surface area contributed by atoms with Crippen molar-refractivity contribution in [2.24, 2.45) is 4.99 Å². The summed E-state index contributed by atoms with van der Waals surface area (Å²) < 4.78 is 12.2. The van der Waals surface area contributed by atoms with E-state index in [-0.39, 0.29) is 12.2 Å². The topological polar surface area (TPSA) is 53.0 Å². The van der Waals surface area contributed by atoms with Crippen molar-refractivity contribution in [2.45, 2.75) is 14.7 Å². The number of hydrogen-bond donors (Lipinski definition) is 0. The summed E-state index contributed by atoms with van der Waals surface area (Å²) >= 11 is 29.0. The monoisotopic (exact) mass is 459 g/mol. The number of benzene rings is 1. The van der Waals surface area contributed by atoms with E-state index >= 15 is 0 Å². The molecule has 2 unspecified atom stereocenters. The molecule has 0 N–H and O–H groups in total. The minimum atomic E-state index is -1.98. The largest absolute Gasteiger partial charge is 0.337 e. The summed E-state index contributed by atoms with van der Waals surface area (Å²) in [5.74, 6) is -1.99. The summed E-state index contributed by atoms with van der Waals surface area (Å²) in [7, 11) is 0. The molecular weight excluding hydrogens is 450 g/mol. The molecule has 11 heteroatoms. The normalized spacial score (nSPS) is 19.2. The summed E-state index contributed by atoms with van der Waals surface area (Å²) in [6.45, 7) is 3.37. The van der Waals surface area contributed by atoms with Crippen LogP contribution in [0.4, 0.5) is 14.9 Å². The van der Waals surface area contributed by atoms with Crippen LogP contribution in [-0.4, -0.2) is 43.9 Å². The fourth-order valence-electron chi connectivity index (χ4n) is 2.11. The number of rotatable bonds is 5. The van der Waals surface area contributed by atoms with E-state index in [2.05, 4.69) is 11.6 Å². The highest BCUT2D eigenvalue weighted by Gasteiger charge is 2.45. The maximum absolute atomic E-state index is 14.2. The van der Waals surface area contributed by atoms with E-state index in [1.807, 2.05) is 0 Å². The Hall–Kier alpha value is -1.05. The first-order valence-electron chi connectivity index (χ1n) is 7.03. The predicted molar refractivity (Wildman–Crippen MR) is 103 cm³/mol. The Morgan fingerprint density at radius 1 is 1.23 bits per heavy atom. The van der Waals surface area contributed by atoms with Crippen LogP contribution in [0.3, 0.4) is 0 Å². The Labute approximate surface area is 173 Å². The second-order valence-electron chi connectivity index (χ2n) is 5.04. The van der Waals surface area contributed by atoms with Gasteiger partial charge in [0.25, 0.3) is 5.91 Å². The molecule has 0 aromatic heterocycles. The highest BCUT2D eigenvalue weighted by Crippen LogP contribution is 2.38. The molecule has 1 aliphatic rings. The molecule has 26 heavy (non-hydrogen) atoms. The van der Waals surface area contributed by atoms with Crippen molar-refractivity contribution in [2.75, 3.05) is 11.4 Å². The number of imide groups is 1. The third-order valence-corrected chi connectivity index (χ3v) is 5.36. The van der Waals surface area contributed by atoms with Gasteiger partial charge in [-0.25, -0.2) is 19.1 Å². The molecule has 1 saturated heterocycles. The number of urea groups is 1. The predicted octanol–water partition coefficient (Wildman–Crippen LogP) is 4.72. The van der Waals surface area contributed by atoms with Crippen molar-refractivity contribution in [1.29, 1.82) is 0 Å². The molecule has 0 aliphatic carbocycles. The second kappa shape index (κ2) is 8.31. The molecule has 5 nitrogen and oxygen atoms in total. The molecule has 0 bridgehead atoms. The number of anilines is 1. The Balaban J connectivity index is 2.53. The summed E-state index contributed by atoms with van der Waals surface area (Å²) in [6, 6.07) is 4.55. The van der Waals surface area contributed by atoms with Gasteiger partial charge in [-0.2, -0.15) is 0 Å². The van der Waals surface area contributed by atoms with E-state index in [0.717, 1.165) is 15.9 Å². The third kappa shape index (κ3) is 4.26. The van der Waals surface area contributed by atoms with Gasteiger partial charge in [0.2, 0.25) is 9.63 Å². The van der Waals surface area contributed by atoms with Crippen LogP contribution >= 0.6 is 58.0 Å². The highest BCUT2D eigenvalue weighted by molar-refractivity contribution is 6.70. The third-order valence-electron chi connectivity index (χ3n) is 3.28. The first-order valence-corrected chi connectivity index (χ1v) is 9.04. The molecule has 2 rings (SSSR count). The van der Waals surface area contributed by atoms with E-state index in [0.29, 0.717) is 0 Å². The van der Waals surface area contributed by atoms with Gasteiger partial charge in [-0.3, -0.25) is 9.69 Å². The summed E-state index contributed by atoms with van der Waals surface area (Å²) in [4.78, 5) is 30.7.